The smallest absolute Gasteiger partial charge is 0.241 e. The minimum atomic E-state index is -3.43. The number of rotatable bonds is 3. The fourth-order valence-corrected chi connectivity index (χ4v) is 2.76. The van der Waals surface area contributed by atoms with Gasteiger partial charge in [0.25, 0.3) is 0 Å². The molecule has 82 valence electrons. The second-order valence-corrected chi connectivity index (χ2v) is 5.84. The summed E-state index contributed by atoms with van der Waals surface area (Å²) in [6.07, 6.45) is 1.76. The minimum absolute atomic E-state index is 0.0617. The molecule has 0 saturated heterocycles. The van der Waals surface area contributed by atoms with Crippen LogP contribution < -0.4 is 4.72 Å². The van der Waals surface area contributed by atoms with Crippen LogP contribution in [0.2, 0.25) is 0 Å². The molecule has 0 aliphatic heterocycles. The van der Waals surface area contributed by atoms with E-state index >= 15 is 0 Å². The summed E-state index contributed by atoms with van der Waals surface area (Å²) in [6.45, 7) is 1.88. The molecule has 1 aromatic carbocycles. The Labute approximate surface area is 89.0 Å². The normalized spacial score (nSPS) is 18.7. The van der Waals surface area contributed by atoms with Crippen molar-refractivity contribution in [3.63, 3.8) is 0 Å². The summed E-state index contributed by atoms with van der Waals surface area (Å²) >= 11 is 0. The van der Waals surface area contributed by atoms with Crippen LogP contribution in [0.15, 0.2) is 29.2 Å². The van der Waals surface area contributed by atoms with E-state index in [-0.39, 0.29) is 16.2 Å². The van der Waals surface area contributed by atoms with Crippen molar-refractivity contribution in [1.29, 1.82) is 0 Å². The van der Waals surface area contributed by atoms with E-state index in [0.29, 0.717) is 0 Å². The maximum absolute atomic E-state index is 11.8. The van der Waals surface area contributed by atoms with Crippen molar-refractivity contribution in [3.05, 3.63) is 24.3 Å². The molecule has 0 unspecified atom stereocenters. The second-order valence-electron chi connectivity index (χ2n) is 4.16. The molecule has 2 N–H and O–H groups in total. The van der Waals surface area contributed by atoms with Gasteiger partial charge in [-0.05, 0) is 44.0 Å². The zero-order valence-corrected chi connectivity index (χ0v) is 9.21. The third-order valence-corrected chi connectivity index (χ3v) is 4.18. The van der Waals surface area contributed by atoms with Crippen LogP contribution in [-0.4, -0.2) is 19.1 Å². The molecular weight excluding hydrogens is 214 g/mol. The van der Waals surface area contributed by atoms with Gasteiger partial charge in [-0.1, -0.05) is 0 Å². The number of nitrogens with one attached hydrogen (secondary N) is 1. The summed E-state index contributed by atoms with van der Waals surface area (Å²) in [4.78, 5) is 0.188. The summed E-state index contributed by atoms with van der Waals surface area (Å²) in [5.41, 5.74) is -0.267. The highest BCUT2D eigenvalue weighted by Crippen LogP contribution is 2.35. The molecule has 0 amide bonds. The molecule has 4 nitrogen and oxygen atoms in total. The van der Waals surface area contributed by atoms with Crippen molar-refractivity contribution in [3.8, 4) is 5.75 Å². The highest BCUT2D eigenvalue weighted by molar-refractivity contribution is 7.89. The van der Waals surface area contributed by atoms with Crippen LogP contribution in [0.25, 0.3) is 0 Å². The quantitative estimate of drug-likeness (QED) is 0.816. The average molecular weight is 227 g/mol. The largest absolute Gasteiger partial charge is 0.508 e. The lowest BCUT2D eigenvalue weighted by Gasteiger charge is -2.11. The van der Waals surface area contributed by atoms with Crippen molar-refractivity contribution < 1.29 is 13.5 Å². The van der Waals surface area contributed by atoms with Crippen LogP contribution in [0.4, 0.5) is 0 Å². The molecule has 0 aromatic heterocycles. The monoisotopic (exact) mass is 227 g/mol. The van der Waals surface area contributed by atoms with Gasteiger partial charge in [0.1, 0.15) is 5.75 Å². The summed E-state index contributed by atoms with van der Waals surface area (Å²) in [6, 6.07) is 5.51. The lowest BCUT2D eigenvalue weighted by molar-refractivity contribution is 0.474. The van der Waals surface area contributed by atoms with Gasteiger partial charge in [0.05, 0.1) is 4.90 Å². The summed E-state index contributed by atoms with van der Waals surface area (Å²) in [7, 11) is -3.43. The Morgan fingerprint density at radius 2 is 1.80 bits per heavy atom. The van der Waals surface area contributed by atoms with E-state index in [2.05, 4.69) is 4.72 Å². The Balaban J connectivity index is 2.25. The van der Waals surface area contributed by atoms with Crippen LogP contribution in [0.1, 0.15) is 19.8 Å². The zero-order valence-electron chi connectivity index (χ0n) is 8.40. The first-order valence-electron chi connectivity index (χ1n) is 4.74. The highest BCUT2D eigenvalue weighted by atomic mass is 32.2. The molecule has 1 saturated carbocycles. The topological polar surface area (TPSA) is 66.4 Å². The minimum Gasteiger partial charge on any atom is -0.508 e. The first-order chi connectivity index (χ1) is 6.91. The molecule has 1 aliphatic carbocycles. The molecule has 1 aliphatic rings. The molecule has 0 atom stereocenters. The number of phenols is 1. The Morgan fingerprint density at radius 1 is 1.27 bits per heavy atom. The fraction of sp³-hybridized carbons (Fsp3) is 0.400. The van der Waals surface area contributed by atoms with E-state index in [4.69, 9.17) is 5.11 Å². The SMILES string of the molecule is CC1(NS(=O)(=O)c2ccc(O)cc2)CC1. The zero-order chi connectivity index (χ0) is 11.1. The number of benzene rings is 1. The molecule has 1 fully saturated rings. The van der Waals surface area contributed by atoms with Gasteiger partial charge in [-0.2, -0.15) is 0 Å². The van der Waals surface area contributed by atoms with Crippen LogP contribution in [0, 0.1) is 0 Å². The molecule has 0 bridgehead atoms. The third-order valence-electron chi connectivity index (χ3n) is 2.53. The van der Waals surface area contributed by atoms with Crippen molar-refractivity contribution in [1.82, 2.24) is 4.72 Å². The first-order valence-corrected chi connectivity index (χ1v) is 6.23. The van der Waals surface area contributed by atoms with Crippen molar-refractivity contribution >= 4 is 10.0 Å². The number of aromatic hydroxyl groups is 1. The lowest BCUT2D eigenvalue weighted by atomic mass is 10.3. The van der Waals surface area contributed by atoms with E-state index < -0.39 is 10.0 Å². The van der Waals surface area contributed by atoms with E-state index in [9.17, 15) is 8.42 Å². The van der Waals surface area contributed by atoms with Crippen LogP contribution in [-0.2, 0) is 10.0 Å². The number of hydrogen-bond acceptors (Lipinski definition) is 3. The molecule has 5 heteroatoms. The second kappa shape index (κ2) is 3.21. The van der Waals surface area contributed by atoms with Crippen LogP contribution in [0.3, 0.4) is 0 Å². The Bertz CT molecular complexity index is 460. The third kappa shape index (κ3) is 2.30. The van der Waals surface area contributed by atoms with Gasteiger partial charge in [-0.3, -0.25) is 0 Å². The molecule has 15 heavy (non-hydrogen) atoms. The lowest BCUT2D eigenvalue weighted by Crippen LogP contribution is -2.34. The molecule has 2 rings (SSSR count). The molecular formula is C10H13NO3S. The van der Waals surface area contributed by atoms with Crippen molar-refractivity contribution in [2.45, 2.75) is 30.2 Å². The Morgan fingerprint density at radius 3 is 2.27 bits per heavy atom. The standard InChI is InChI=1S/C10H13NO3S/c1-10(6-7-10)11-15(13,14)9-4-2-8(12)3-5-9/h2-5,11-12H,6-7H2,1H3. The van der Waals surface area contributed by atoms with E-state index in [1.165, 1.54) is 24.3 Å². The van der Waals surface area contributed by atoms with Gasteiger partial charge in [-0.15, -0.1) is 0 Å². The molecule has 1 aromatic rings. The molecule has 0 spiro atoms. The van der Waals surface area contributed by atoms with Gasteiger partial charge in [-0.25, -0.2) is 13.1 Å². The number of hydrogen-bond donors (Lipinski definition) is 2. The van der Waals surface area contributed by atoms with Crippen LogP contribution >= 0.6 is 0 Å². The Kier molecular flexibility index (Phi) is 2.24. The van der Waals surface area contributed by atoms with Gasteiger partial charge >= 0.3 is 0 Å². The molecule has 0 heterocycles. The summed E-state index contributed by atoms with van der Waals surface area (Å²) in [5.74, 6) is 0.0617. The predicted molar refractivity (Wildman–Crippen MR) is 56.1 cm³/mol. The van der Waals surface area contributed by atoms with E-state index in [1.54, 1.807) is 0 Å². The summed E-state index contributed by atoms with van der Waals surface area (Å²) < 4.78 is 26.2. The predicted octanol–water partition coefficient (Wildman–Crippen LogP) is 1.22. The van der Waals surface area contributed by atoms with Crippen molar-refractivity contribution in [2.24, 2.45) is 0 Å². The molecule has 0 radical (unpaired) electrons. The maximum atomic E-state index is 11.8. The Hall–Kier alpha value is -1.07. The highest BCUT2D eigenvalue weighted by Gasteiger charge is 2.41. The average Bonchev–Trinajstić information content (AvgIpc) is 2.82. The van der Waals surface area contributed by atoms with E-state index in [1.807, 2.05) is 6.92 Å². The van der Waals surface area contributed by atoms with Gasteiger partial charge in [0.15, 0.2) is 0 Å². The van der Waals surface area contributed by atoms with Crippen molar-refractivity contribution in [2.75, 3.05) is 0 Å². The van der Waals surface area contributed by atoms with E-state index in [0.717, 1.165) is 12.8 Å². The maximum Gasteiger partial charge on any atom is 0.241 e. The fourth-order valence-electron chi connectivity index (χ4n) is 1.30. The number of phenolic OH excluding ortho intramolecular Hbond substituents is 1. The number of sulfonamides is 1. The van der Waals surface area contributed by atoms with Gasteiger partial charge in [0.2, 0.25) is 10.0 Å². The van der Waals surface area contributed by atoms with Gasteiger partial charge < -0.3 is 5.11 Å². The first kappa shape index (κ1) is 10.4. The summed E-state index contributed by atoms with van der Waals surface area (Å²) in [5, 5.41) is 9.05. The van der Waals surface area contributed by atoms with Crippen LogP contribution in [0.5, 0.6) is 5.75 Å². The van der Waals surface area contributed by atoms with Gasteiger partial charge in [0, 0.05) is 5.54 Å².